The van der Waals surface area contributed by atoms with Crippen molar-refractivity contribution < 1.29 is 0 Å². The Labute approximate surface area is 132 Å². The lowest BCUT2D eigenvalue weighted by Crippen LogP contribution is -2.18. The van der Waals surface area contributed by atoms with Crippen molar-refractivity contribution in [3.63, 3.8) is 0 Å². The molecule has 0 aliphatic rings. The lowest BCUT2D eigenvalue weighted by molar-refractivity contribution is 0.691. The molecule has 2 rings (SSSR count). The van der Waals surface area contributed by atoms with Crippen molar-refractivity contribution >= 4 is 39.1 Å². The number of nitrogens with one attached hydrogen (secondary N) is 1. The van der Waals surface area contributed by atoms with Crippen LogP contribution in [0.1, 0.15) is 22.7 Å². The molecule has 100 valence electrons. The molecular weight excluding hydrogens is 345 g/mol. The Kier molecular flexibility index (Phi) is 4.91. The summed E-state index contributed by atoms with van der Waals surface area (Å²) in [6.45, 7) is 2.07. The molecule has 1 N–H and O–H groups in total. The largest absolute Gasteiger partial charge is 0.309 e. The van der Waals surface area contributed by atoms with Crippen LogP contribution in [0.3, 0.4) is 0 Å². The Morgan fingerprint density at radius 3 is 2.53 bits per heavy atom. The van der Waals surface area contributed by atoms with Crippen LogP contribution in [0.4, 0.5) is 0 Å². The number of hydrogen-bond acceptors (Lipinski definition) is 1. The molecule has 0 spiro atoms. The van der Waals surface area contributed by atoms with Crippen LogP contribution in [0.15, 0.2) is 40.9 Å². The van der Waals surface area contributed by atoms with Crippen LogP contribution >= 0.6 is 39.1 Å². The van der Waals surface area contributed by atoms with Gasteiger partial charge in [0, 0.05) is 4.47 Å². The highest BCUT2D eigenvalue weighted by atomic mass is 79.9. The lowest BCUT2D eigenvalue weighted by atomic mass is 9.97. The Morgan fingerprint density at radius 2 is 1.89 bits per heavy atom. The lowest BCUT2D eigenvalue weighted by Gasteiger charge is -2.20. The third-order valence-electron chi connectivity index (χ3n) is 2.98. The van der Waals surface area contributed by atoms with Gasteiger partial charge in [0.2, 0.25) is 0 Å². The molecule has 1 atom stereocenters. The molecule has 19 heavy (non-hydrogen) atoms. The normalized spacial score (nSPS) is 12.5. The van der Waals surface area contributed by atoms with Crippen LogP contribution in [0.2, 0.25) is 10.0 Å². The molecule has 0 aromatic heterocycles. The summed E-state index contributed by atoms with van der Waals surface area (Å²) in [5, 5.41) is 4.47. The Bertz CT molecular complexity index is 578. The zero-order valence-electron chi connectivity index (χ0n) is 10.7. The van der Waals surface area contributed by atoms with E-state index in [1.165, 1.54) is 5.56 Å². The van der Waals surface area contributed by atoms with E-state index in [0.29, 0.717) is 10.0 Å². The molecule has 0 saturated carbocycles. The van der Waals surface area contributed by atoms with E-state index in [0.717, 1.165) is 15.6 Å². The van der Waals surface area contributed by atoms with E-state index < -0.39 is 0 Å². The highest BCUT2D eigenvalue weighted by molar-refractivity contribution is 9.10. The molecule has 1 nitrogen and oxygen atoms in total. The summed E-state index contributed by atoms with van der Waals surface area (Å²) in [7, 11) is 1.91. The van der Waals surface area contributed by atoms with Gasteiger partial charge in [-0.3, -0.25) is 0 Å². The molecule has 0 aliphatic carbocycles. The molecule has 0 radical (unpaired) electrons. The highest BCUT2D eigenvalue weighted by Crippen LogP contribution is 2.34. The maximum absolute atomic E-state index is 6.31. The van der Waals surface area contributed by atoms with Gasteiger partial charge in [0.05, 0.1) is 16.1 Å². The van der Waals surface area contributed by atoms with Gasteiger partial charge in [0.25, 0.3) is 0 Å². The summed E-state index contributed by atoms with van der Waals surface area (Å²) in [6.07, 6.45) is 0. The first-order valence-corrected chi connectivity index (χ1v) is 7.46. The first kappa shape index (κ1) is 14.9. The van der Waals surface area contributed by atoms with Gasteiger partial charge in [-0.1, -0.05) is 57.3 Å². The van der Waals surface area contributed by atoms with Crippen molar-refractivity contribution in [3.05, 3.63) is 67.6 Å². The first-order chi connectivity index (χ1) is 9.02. The second-order valence-electron chi connectivity index (χ2n) is 4.43. The summed E-state index contributed by atoms with van der Waals surface area (Å²) in [5.41, 5.74) is 3.33. The SMILES string of the molecule is CNC(c1cc(C)cc(Br)c1)c1cccc(Cl)c1Cl. The Morgan fingerprint density at radius 1 is 1.16 bits per heavy atom. The summed E-state index contributed by atoms with van der Waals surface area (Å²) in [5.74, 6) is 0. The van der Waals surface area contributed by atoms with Crippen molar-refractivity contribution in [1.29, 1.82) is 0 Å². The van der Waals surface area contributed by atoms with Gasteiger partial charge in [0.1, 0.15) is 0 Å². The standard InChI is InChI=1S/C15H14BrCl2N/c1-9-6-10(8-11(16)7-9)15(19-2)12-4-3-5-13(17)14(12)18/h3-8,15,19H,1-2H3. The van der Waals surface area contributed by atoms with Crippen molar-refractivity contribution in [2.24, 2.45) is 0 Å². The molecule has 0 amide bonds. The summed E-state index contributed by atoms with van der Waals surface area (Å²) < 4.78 is 1.06. The van der Waals surface area contributed by atoms with Crippen molar-refractivity contribution in [2.75, 3.05) is 7.05 Å². The van der Waals surface area contributed by atoms with Crippen molar-refractivity contribution in [2.45, 2.75) is 13.0 Å². The van der Waals surface area contributed by atoms with E-state index in [-0.39, 0.29) is 6.04 Å². The second-order valence-corrected chi connectivity index (χ2v) is 6.13. The van der Waals surface area contributed by atoms with E-state index in [9.17, 15) is 0 Å². The van der Waals surface area contributed by atoms with Crippen LogP contribution in [0.5, 0.6) is 0 Å². The van der Waals surface area contributed by atoms with Crippen LogP contribution in [0, 0.1) is 6.92 Å². The van der Waals surface area contributed by atoms with Crippen LogP contribution < -0.4 is 5.32 Å². The smallest absolute Gasteiger partial charge is 0.0643 e. The van der Waals surface area contributed by atoms with Gasteiger partial charge >= 0.3 is 0 Å². The predicted molar refractivity (Wildman–Crippen MR) is 86.2 cm³/mol. The summed E-state index contributed by atoms with van der Waals surface area (Å²) >= 11 is 15.9. The van der Waals surface area contributed by atoms with Gasteiger partial charge in [-0.05, 0) is 48.9 Å². The zero-order valence-corrected chi connectivity index (χ0v) is 13.8. The second kappa shape index (κ2) is 6.27. The van der Waals surface area contributed by atoms with Gasteiger partial charge < -0.3 is 5.32 Å². The van der Waals surface area contributed by atoms with Gasteiger partial charge in [-0.15, -0.1) is 0 Å². The maximum atomic E-state index is 6.31. The number of benzene rings is 2. The third kappa shape index (κ3) is 3.32. The Hall–Kier alpha value is -0.540. The molecule has 0 aliphatic heterocycles. The summed E-state index contributed by atoms with van der Waals surface area (Å²) in [4.78, 5) is 0. The molecule has 2 aromatic rings. The predicted octanol–water partition coefficient (Wildman–Crippen LogP) is 5.37. The van der Waals surface area contributed by atoms with Gasteiger partial charge in [-0.2, -0.15) is 0 Å². The number of hydrogen-bond donors (Lipinski definition) is 1. The molecule has 4 heteroatoms. The Balaban J connectivity index is 2.53. The highest BCUT2D eigenvalue weighted by Gasteiger charge is 2.17. The molecule has 1 unspecified atom stereocenters. The molecule has 0 saturated heterocycles. The number of rotatable bonds is 3. The molecular formula is C15H14BrCl2N. The quantitative estimate of drug-likeness (QED) is 0.777. The maximum Gasteiger partial charge on any atom is 0.0643 e. The van der Waals surface area contributed by atoms with Crippen molar-refractivity contribution in [1.82, 2.24) is 5.32 Å². The number of halogens is 3. The van der Waals surface area contributed by atoms with E-state index in [1.54, 1.807) is 6.07 Å². The van der Waals surface area contributed by atoms with Crippen LogP contribution in [0.25, 0.3) is 0 Å². The zero-order chi connectivity index (χ0) is 14.0. The minimum Gasteiger partial charge on any atom is -0.309 e. The fraction of sp³-hybridized carbons (Fsp3) is 0.200. The topological polar surface area (TPSA) is 12.0 Å². The van der Waals surface area contributed by atoms with Crippen LogP contribution in [-0.2, 0) is 0 Å². The fourth-order valence-electron chi connectivity index (χ4n) is 2.18. The molecule has 0 fully saturated rings. The average Bonchev–Trinajstić information content (AvgIpc) is 2.34. The first-order valence-electron chi connectivity index (χ1n) is 5.91. The minimum atomic E-state index is 0.0161. The van der Waals surface area contributed by atoms with Gasteiger partial charge in [0.15, 0.2) is 0 Å². The molecule has 0 heterocycles. The summed E-state index contributed by atoms with van der Waals surface area (Å²) in [6, 6.07) is 12.0. The van der Waals surface area contributed by atoms with E-state index in [4.69, 9.17) is 23.2 Å². The molecule has 0 bridgehead atoms. The van der Waals surface area contributed by atoms with E-state index in [2.05, 4.69) is 46.4 Å². The minimum absolute atomic E-state index is 0.0161. The molecule has 2 aromatic carbocycles. The van der Waals surface area contributed by atoms with Crippen molar-refractivity contribution in [3.8, 4) is 0 Å². The monoisotopic (exact) mass is 357 g/mol. The fourth-order valence-corrected chi connectivity index (χ4v) is 3.22. The van der Waals surface area contributed by atoms with E-state index in [1.807, 2.05) is 19.2 Å². The van der Waals surface area contributed by atoms with Crippen LogP contribution in [-0.4, -0.2) is 7.05 Å². The van der Waals surface area contributed by atoms with E-state index >= 15 is 0 Å². The third-order valence-corrected chi connectivity index (χ3v) is 4.27. The number of aryl methyl sites for hydroxylation is 1. The van der Waals surface area contributed by atoms with Gasteiger partial charge in [-0.25, -0.2) is 0 Å². The average molecular weight is 359 g/mol.